The monoisotopic (exact) mass is 445 g/mol. The number of hydrogen-bond acceptors (Lipinski definition) is 3. The van der Waals surface area contributed by atoms with Gasteiger partial charge in [-0.25, -0.2) is 0 Å². The van der Waals surface area contributed by atoms with Crippen LogP contribution in [-0.2, 0) is 4.79 Å². The summed E-state index contributed by atoms with van der Waals surface area (Å²) >= 11 is 0. The van der Waals surface area contributed by atoms with Gasteiger partial charge in [-0.3, -0.25) is 0 Å². The van der Waals surface area contributed by atoms with Gasteiger partial charge in [-0.2, -0.15) is 0 Å². The largest absolute Gasteiger partial charge is 1.00 e. The molecule has 0 spiro atoms. The van der Waals surface area contributed by atoms with Crippen molar-refractivity contribution in [2.24, 2.45) is 0 Å². The Hall–Kier alpha value is 0.0274. The number of carboxylic acids is 1. The molecule has 0 saturated carbocycles. The first kappa shape index (κ1) is 34.2. The van der Waals surface area contributed by atoms with Crippen molar-refractivity contribution < 1.29 is 28.8 Å². The molecule has 4 heteroatoms. The Balaban J connectivity index is 0. The van der Waals surface area contributed by atoms with Crippen LogP contribution in [0.3, 0.4) is 0 Å². The third-order valence-electron chi connectivity index (χ3n) is 6.68. The molecule has 0 fully saturated rings. The Morgan fingerprint density at radius 1 is 0.594 bits per heavy atom. The van der Waals surface area contributed by atoms with E-state index < -0.39 is 5.97 Å². The standard InChI is InChI=1S/C28H57NO2.Li/c1-4-6-8-10-12-14-16-18-20-22-24-29(27(3)26-28(30)31)25-23-21-19-17-15-13-11-9-7-5-2;/h27H,4-26H2,1-3H3,(H,30,31);/q;+1/p-1. The van der Waals surface area contributed by atoms with Crippen LogP contribution in [-0.4, -0.2) is 30.0 Å². The van der Waals surface area contributed by atoms with E-state index >= 15 is 0 Å². The summed E-state index contributed by atoms with van der Waals surface area (Å²) in [6, 6.07) is 0.0992. The van der Waals surface area contributed by atoms with Crippen LogP contribution in [0.1, 0.15) is 156 Å². The van der Waals surface area contributed by atoms with Crippen molar-refractivity contribution in [3.05, 3.63) is 0 Å². The predicted octanol–water partition coefficient (Wildman–Crippen LogP) is 4.66. The molecule has 0 aromatic carbocycles. The second-order valence-corrected chi connectivity index (χ2v) is 9.83. The van der Waals surface area contributed by atoms with Gasteiger partial charge >= 0.3 is 18.9 Å². The molecular formula is C28H56LiNO2. The summed E-state index contributed by atoms with van der Waals surface area (Å²) in [4.78, 5) is 13.5. The van der Waals surface area contributed by atoms with Crippen LogP contribution in [0.25, 0.3) is 0 Å². The number of aliphatic carboxylic acids is 1. The normalized spacial score (nSPS) is 12.1. The second-order valence-electron chi connectivity index (χ2n) is 9.83. The molecule has 0 aliphatic rings. The molecule has 0 aliphatic carbocycles. The average Bonchev–Trinajstić information content (AvgIpc) is 2.74. The first-order chi connectivity index (χ1) is 15.1. The van der Waals surface area contributed by atoms with Crippen LogP contribution in [0.15, 0.2) is 0 Å². The van der Waals surface area contributed by atoms with Gasteiger partial charge in [0.2, 0.25) is 0 Å². The van der Waals surface area contributed by atoms with E-state index in [1.807, 2.05) is 0 Å². The van der Waals surface area contributed by atoms with Crippen molar-refractivity contribution in [3.8, 4) is 0 Å². The summed E-state index contributed by atoms with van der Waals surface area (Å²) in [6.45, 7) is 8.69. The van der Waals surface area contributed by atoms with Crippen molar-refractivity contribution >= 4 is 5.97 Å². The Morgan fingerprint density at radius 2 is 0.875 bits per heavy atom. The van der Waals surface area contributed by atoms with Crippen molar-refractivity contribution in [1.29, 1.82) is 0 Å². The Bertz CT molecular complexity index is 354. The van der Waals surface area contributed by atoms with E-state index in [4.69, 9.17) is 0 Å². The molecule has 32 heavy (non-hydrogen) atoms. The minimum absolute atomic E-state index is 0. The first-order valence-corrected chi connectivity index (χ1v) is 14.1. The fourth-order valence-electron chi connectivity index (χ4n) is 4.53. The molecule has 0 bridgehead atoms. The van der Waals surface area contributed by atoms with Crippen molar-refractivity contribution in [2.75, 3.05) is 13.1 Å². The molecule has 0 radical (unpaired) electrons. The zero-order valence-corrected chi connectivity index (χ0v) is 22.6. The van der Waals surface area contributed by atoms with Gasteiger partial charge in [0, 0.05) is 18.4 Å². The zero-order valence-electron chi connectivity index (χ0n) is 22.6. The van der Waals surface area contributed by atoms with Crippen LogP contribution in [0.2, 0.25) is 0 Å². The molecule has 0 aromatic rings. The van der Waals surface area contributed by atoms with E-state index in [1.54, 1.807) is 0 Å². The van der Waals surface area contributed by atoms with E-state index in [1.165, 1.54) is 128 Å². The van der Waals surface area contributed by atoms with E-state index in [9.17, 15) is 9.90 Å². The van der Waals surface area contributed by atoms with E-state index in [-0.39, 0.29) is 31.3 Å². The number of rotatable bonds is 25. The van der Waals surface area contributed by atoms with Gasteiger partial charge in [0.1, 0.15) is 0 Å². The van der Waals surface area contributed by atoms with Crippen LogP contribution in [0.5, 0.6) is 0 Å². The topological polar surface area (TPSA) is 43.4 Å². The third kappa shape index (κ3) is 24.7. The van der Waals surface area contributed by atoms with Crippen LogP contribution < -0.4 is 24.0 Å². The summed E-state index contributed by atoms with van der Waals surface area (Å²) in [5, 5.41) is 11.1. The van der Waals surface area contributed by atoms with E-state index in [2.05, 4.69) is 25.7 Å². The second kappa shape index (κ2) is 27.3. The molecule has 0 aromatic heterocycles. The van der Waals surface area contributed by atoms with Gasteiger partial charge in [0.05, 0.1) is 0 Å². The predicted molar refractivity (Wildman–Crippen MR) is 134 cm³/mol. The van der Waals surface area contributed by atoms with Gasteiger partial charge in [-0.05, 0) is 32.9 Å². The minimum Gasteiger partial charge on any atom is -0.550 e. The molecule has 0 amide bonds. The fourth-order valence-corrected chi connectivity index (χ4v) is 4.53. The molecule has 1 unspecified atom stereocenters. The molecule has 1 atom stereocenters. The molecule has 186 valence electrons. The molecule has 3 nitrogen and oxygen atoms in total. The zero-order chi connectivity index (χ0) is 23.0. The van der Waals surface area contributed by atoms with Crippen molar-refractivity contribution in [2.45, 2.75) is 162 Å². The number of carboxylic acid groups (broad SMARTS) is 1. The minimum atomic E-state index is -0.913. The van der Waals surface area contributed by atoms with Gasteiger partial charge in [-0.1, -0.05) is 129 Å². The quantitative estimate of drug-likeness (QED) is 0.152. The summed E-state index contributed by atoms with van der Waals surface area (Å²) in [6.07, 6.45) is 27.1. The number of carbonyl (C=O) groups excluding carboxylic acids is 1. The van der Waals surface area contributed by atoms with E-state index in [0.29, 0.717) is 0 Å². The Labute approximate surface area is 214 Å². The Kier molecular flexibility index (Phi) is 29.1. The Morgan fingerprint density at radius 3 is 1.16 bits per heavy atom. The molecule has 0 N–H and O–H groups in total. The van der Waals surface area contributed by atoms with Crippen LogP contribution in [0.4, 0.5) is 0 Å². The van der Waals surface area contributed by atoms with Crippen LogP contribution in [0, 0.1) is 0 Å². The fraction of sp³-hybridized carbons (Fsp3) is 0.964. The van der Waals surface area contributed by atoms with Gasteiger partial charge < -0.3 is 14.8 Å². The smallest absolute Gasteiger partial charge is 0.550 e. The SMILES string of the molecule is CCCCCCCCCCCCN(CCCCCCCCCCCC)C(C)CC(=O)[O-].[Li+]. The molecule has 0 rings (SSSR count). The van der Waals surface area contributed by atoms with Gasteiger partial charge in [0.15, 0.2) is 0 Å². The number of hydrogen-bond donors (Lipinski definition) is 0. The average molecular weight is 446 g/mol. The number of unbranched alkanes of at least 4 members (excludes halogenated alkanes) is 18. The summed E-state index contributed by atoms with van der Waals surface area (Å²) in [5.41, 5.74) is 0. The van der Waals surface area contributed by atoms with Gasteiger partial charge in [0.25, 0.3) is 0 Å². The summed E-state index contributed by atoms with van der Waals surface area (Å²) in [7, 11) is 0. The maximum atomic E-state index is 11.1. The maximum Gasteiger partial charge on any atom is 1.00 e. The molecule has 0 saturated heterocycles. The van der Waals surface area contributed by atoms with Crippen LogP contribution >= 0.6 is 0 Å². The van der Waals surface area contributed by atoms with Crippen molar-refractivity contribution in [1.82, 2.24) is 4.90 Å². The first-order valence-electron chi connectivity index (χ1n) is 14.1. The summed E-state index contributed by atoms with van der Waals surface area (Å²) < 4.78 is 0. The van der Waals surface area contributed by atoms with Crippen molar-refractivity contribution in [3.63, 3.8) is 0 Å². The van der Waals surface area contributed by atoms with E-state index in [0.717, 1.165) is 13.1 Å². The third-order valence-corrected chi connectivity index (χ3v) is 6.68. The molecule has 0 aliphatic heterocycles. The molecular weight excluding hydrogens is 389 g/mol. The maximum absolute atomic E-state index is 11.1. The number of carbonyl (C=O) groups is 1. The molecule has 0 heterocycles. The van der Waals surface area contributed by atoms with Gasteiger partial charge in [-0.15, -0.1) is 0 Å². The summed E-state index contributed by atoms with van der Waals surface area (Å²) in [5.74, 6) is -0.913. The number of nitrogens with zero attached hydrogens (tertiary/aromatic N) is 1.